The topological polar surface area (TPSA) is 9.23 Å². The van der Waals surface area contributed by atoms with Crippen LogP contribution in [0.3, 0.4) is 0 Å². The molecule has 9 heavy (non-hydrogen) atoms. The first-order valence-corrected chi connectivity index (χ1v) is 2.24. The molecule has 0 aromatic carbocycles. The highest BCUT2D eigenvalue weighted by molar-refractivity contribution is 6.22. The van der Waals surface area contributed by atoms with Crippen LogP contribution in [-0.2, 0) is 4.29 Å². The molecule has 0 aliphatic heterocycles. The zero-order valence-corrected chi connectivity index (χ0v) is 5.19. The van der Waals surface area contributed by atoms with Crippen molar-refractivity contribution in [2.75, 3.05) is 0 Å². The van der Waals surface area contributed by atoms with Gasteiger partial charge in [0.25, 0.3) is 0 Å². The van der Waals surface area contributed by atoms with E-state index in [1.165, 1.54) is 0 Å². The van der Waals surface area contributed by atoms with E-state index in [1.54, 1.807) is 0 Å². The van der Waals surface area contributed by atoms with E-state index in [0.717, 1.165) is 0 Å². The Balaban J connectivity index is 4.14. The van der Waals surface area contributed by atoms with Crippen LogP contribution in [0.25, 0.3) is 0 Å². The minimum atomic E-state index is -4.82. The Bertz CT molecular complexity index is 99.2. The predicted molar refractivity (Wildman–Crippen MR) is 22.7 cm³/mol. The van der Waals surface area contributed by atoms with Gasteiger partial charge in [-0.15, -0.1) is 0 Å². The van der Waals surface area contributed by atoms with Gasteiger partial charge in [0.2, 0.25) is 0 Å². The molecule has 0 bridgehead atoms. The van der Waals surface area contributed by atoms with E-state index in [0.29, 0.717) is 0 Å². The van der Waals surface area contributed by atoms with E-state index in [4.69, 9.17) is 0 Å². The van der Waals surface area contributed by atoms with E-state index < -0.39 is 11.5 Å². The van der Waals surface area contributed by atoms with Crippen molar-refractivity contribution in [2.24, 2.45) is 0 Å². The summed E-state index contributed by atoms with van der Waals surface area (Å²) in [6.07, 6.45) is -4.82. The highest BCUT2D eigenvalue weighted by atomic mass is 35.5. The molecule has 0 aromatic heterocycles. The largest absolute Gasteiger partial charge is 0.450 e. The molecule has 0 heterocycles. The van der Waals surface area contributed by atoms with E-state index >= 15 is 0 Å². The van der Waals surface area contributed by atoms with Crippen molar-refractivity contribution in [2.45, 2.75) is 11.5 Å². The number of rotatable bonds is 2. The molecule has 0 fully saturated rings. The van der Waals surface area contributed by atoms with Crippen molar-refractivity contribution >= 4 is 23.5 Å². The molecule has 0 radical (unpaired) electrons. The molecule has 0 amide bonds. The molecule has 0 spiro atoms. The highest BCUT2D eigenvalue weighted by Gasteiger charge is 2.57. The van der Waals surface area contributed by atoms with Crippen LogP contribution in [0.15, 0.2) is 0 Å². The second-order valence-electron chi connectivity index (χ2n) is 1.09. The second-order valence-corrected chi connectivity index (χ2v) is 1.72. The Morgan fingerprint density at radius 2 is 1.44 bits per heavy atom. The summed E-state index contributed by atoms with van der Waals surface area (Å²) in [5, 5.41) is -4.77. The molecule has 0 aliphatic carbocycles. The summed E-state index contributed by atoms with van der Waals surface area (Å²) >= 11 is 7.80. The molecule has 0 atom stereocenters. The van der Waals surface area contributed by atoms with Crippen LogP contribution < -0.4 is 0 Å². The van der Waals surface area contributed by atoms with Gasteiger partial charge in [-0.05, 0) is 11.6 Å². The molecule has 0 saturated carbocycles. The van der Waals surface area contributed by atoms with Gasteiger partial charge in [-0.1, -0.05) is 0 Å². The van der Waals surface area contributed by atoms with Gasteiger partial charge in [0.1, 0.15) is 0 Å². The maximum Gasteiger partial charge on any atom is 0.450 e. The predicted octanol–water partition coefficient (Wildman–Crippen LogP) is 2.58. The lowest BCUT2D eigenvalue weighted by atomic mass is 10.7. The van der Waals surface area contributed by atoms with Gasteiger partial charge in [-0.2, -0.15) is 17.6 Å². The van der Waals surface area contributed by atoms with Gasteiger partial charge in [0.15, 0.2) is 0 Å². The highest BCUT2D eigenvalue weighted by Crippen LogP contribution is 2.39. The van der Waals surface area contributed by atoms with Crippen molar-refractivity contribution < 1.29 is 21.9 Å². The fraction of sp³-hybridized carbons (Fsp3) is 1.00. The average Bonchev–Trinajstić information content (AvgIpc) is 1.64. The molecule has 0 aromatic rings. The zero-order chi connectivity index (χ0) is 7.71. The quantitative estimate of drug-likeness (QED) is 0.476. The van der Waals surface area contributed by atoms with Gasteiger partial charge in [0.05, 0.1) is 11.9 Å². The summed E-state index contributed by atoms with van der Waals surface area (Å²) in [6.45, 7) is 0. The number of alkyl halides is 5. The van der Waals surface area contributed by atoms with Gasteiger partial charge in [-0.25, -0.2) is 4.29 Å². The Labute approximate surface area is 57.7 Å². The molecule has 0 rings (SSSR count). The third-order valence-corrected chi connectivity index (χ3v) is 0.841. The van der Waals surface area contributed by atoms with Crippen LogP contribution >= 0.6 is 23.5 Å². The van der Waals surface area contributed by atoms with Gasteiger partial charge in [0, 0.05) is 0 Å². The number of halogens is 6. The third kappa shape index (κ3) is 2.15. The van der Waals surface area contributed by atoms with Crippen LogP contribution in [-0.4, -0.2) is 11.5 Å². The van der Waals surface area contributed by atoms with Crippen LogP contribution in [0.4, 0.5) is 17.6 Å². The number of hydrogen-bond donors (Lipinski definition) is 0. The summed E-state index contributed by atoms with van der Waals surface area (Å²) in [4.78, 5) is 0. The van der Waals surface area contributed by atoms with E-state index in [1.807, 2.05) is 0 Å². The first-order chi connectivity index (χ1) is 3.81. The molecule has 56 valence electrons. The van der Waals surface area contributed by atoms with Crippen molar-refractivity contribution in [1.82, 2.24) is 0 Å². The van der Waals surface area contributed by atoms with Crippen LogP contribution in [0.2, 0.25) is 0 Å². The van der Waals surface area contributed by atoms with Crippen molar-refractivity contribution in [1.29, 1.82) is 0 Å². The number of hydrogen-bond acceptors (Lipinski definition) is 1. The molecule has 1 nitrogen and oxygen atoms in total. The molecular weight excluding hydrogens is 187 g/mol. The third-order valence-electron chi connectivity index (χ3n) is 0.427. The minimum Gasteiger partial charge on any atom is -0.203 e. The maximum absolute atomic E-state index is 11.4. The van der Waals surface area contributed by atoms with Crippen LogP contribution in [0, 0.1) is 0 Å². The SMILES string of the molecule is FC(F)(Cl)C(F)(F)OCl. The molecular formula is C2Cl2F4O. The Kier molecular flexibility index (Phi) is 2.55. The van der Waals surface area contributed by atoms with Gasteiger partial charge < -0.3 is 0 Å². The van der Waals surface area contributed by atoms with E-state index in [2.05, 4.69) is 27.8 Å². The minimum absolute atomic E-state index is 2.56. The molecule has 0 aliphatic rings. The van der Waals surface area contributed by atoms with Crippen molar-refractivity contribution in [3.8, 4) is 0 Å². The molecule has 0 saturated heterocycles. The summed E-state index contributed by atoms with van der Waals surface area (Å²) in [7, 11) is 0. The molecule has 0 N–H and O–H groups in total. The first-order valence-electron chi connectivity index (χ1n) is 1.55. The first kappa shape index (κ1) is 9.26. The lowest BCUT2D eigenvalue weighted by Crippen LogP contribution is -2.35. The maximum atomic E-state index is 11.4. The van der Waals surface area contributed by atoms with Crippen molar-refractivity contribution in [3.05, 3.63) is 0 Å². The van der Waals surface area contributed by atoms with Crippen molar-refractivity contribution in [3.63, 3.8) is 0 Å². The standard InChI is InChI=1S/C2Cl2F4O/c3-1(5,6)2(7,8)9-4. The Morgan fingerprint density at radius 3 is 1.44 bits per heavy atom. The Morgan fingerprint density at radius 1 is 1.11 bits per heavy atom. The summed E-state index contributed by atoms with van der Waals surface area (Å²) in [5.74, 6) is 0. The Hall–Kier alpha value is 0.260. The lowest BCUT2D eigenvalue weighted by Gasteiger charge is -2.15. The monoisotopic (exact) mass is 186 g/mol. The average molecular weight is 187 g/mol. The van der Waals surface area contributed by atoms with Crippen LogP contribution in [0.1, 0.15) is 0 Å². The fourth-order valence-corrected chi connectivity index (χ4v) is 0.219. The molecule has 7 heteroatoms. The second kappa shape index (κ2) is 2.48. The fourth-order valence-electron chi connectivity index (χ4n) is 0.0437. The van der Waals surface area contributed by atoms with E-state index in [-0.39, 0.29) is 0 Å². The van der Waals surface area contributed by atoms with Gasteiger partial charge >= 0.3 is 11.5 Å². The summed E-state index contributed by atoms with van der Waals surface area (Å²) in [5.41, 5.74) is 0. The molecule has 0 unspecified atom stereocenters. The smallest absolute Gasteiger partial charge is 0.203 e. The normalized spacial score (nSPS) is 14.0. The lowest BCUT2D eigenvalue weighted by molar-refractivity contribution is -0.272. The zero-order valence-electron chi connectivity index (χ0n) is 3.68. The summed E-state index contributed by atoms with van der Waals surface area (Å²) < 4.78 is 48.0. The van der Waals surface area contributed by atoms with Crippen LogP contribution in [0.5, 0.6) is 0 Å². The summed E-state index contributed by atoms with van der Waals surface area (Å²) in [6, 6.07) is 0. The van der Waals surface area contributed by atoms with E-state index in [9.17, 15) is 17.6 Å². The van der Waals surface area contributed by atoms with Gasteiger partial charge in [-0.3, -0.25) is 0 Å².